The normalized spacial score (nSPS) is 20.9. The number of dihydropyridines is 1. The Balaban J connectivity index is 0.00000185. The van der Waals surface area contributed by atoms with Gasteiger partial charge in [-0.05, 0) is 25.0 Å². The second-order valence-corrected chi connectivity index (χ2v) is 9.94. The number of amides is 1. The maximum absolute atomic E-state index is 13.6. The molecule has 0 radical (unpaired) electrons. The van der Waals surface area contributed by atoms with Crippen molar-refractivity contribution in [1.29, 1.82) is 0 Å². The van der Waals surface area contributed by atoms with Crippen LogP contribution < -0.4 is 26.4 Å². The molecule has 3 atom stereocenters. The van der Waals surface area contributed by atoms with Crippen LogP contribution in [0.1, 0.15) is 98.0 Å². The highest BCUT2D eigenvalue weighted by atomic mass is 32.2. The van der Waals surface area contributed by atoms with E-state index in [-0.39, 0.29) is 10.9 Å². The fourth-order valence-corrected chi connectivity index (χ4v) is 4.88. The zero-order valence-electron chi connectivity index (χ0n) is 29.7. The number of nitrogens with zero attached hydrogens (tertiary/aromatic N) is 2. The molecule has 3 unspecified atom stereocenters. The van der Waals surface area contributed by atoms with Gasteiger partial charge in [-0.3, -0.25) is 4.79 Å². The number of halogens is 2. The highest BCUT2D eigenvalue weighted by Crippen LogP contribution is 2.33. The Kier molecular flexibility index (Phi) is 23.7. The Labute approximate surface area is 281 Å². The molecule has 4 N–H and O–H groups in total. The van der Waals surface area contributed by atoms with E-state index in [0.717, 1.165) is 12.8 Å². The topological polar surface area (TPSA) is 99.8 Å². The Bertz CT molecular complexity index is 1120. The summed E-state index contributed by atoms with van der Waals surface area (Å²) in [6, 6.07) is 0.543. The van der Waals surface area contributed by atoms with E-state index in [1.165, 1.54) is 37.3 Å². The molecule has 0 spiro atoms. The molecule has 262 valence electrons. The number of carbonyl (C=O) groups excluding carboxylic acids is 1. The number of pyridine rings is 1. The van der Waals surface area contributed by atoms with E-state index in [1.54, 1.807) is 6.07 Å². The van der Waals surface area contributed by atoms with Crippen molar-refractivity contribution in [2.75, 3.05) is 38.3 Å². The largest absolute Gasteiger partial charge is 0.495 e. The molecule has 1 saturated carbocycles. The van der Waals surface area contributed by atoms with Gasteiger partial charge in [0, 0.05) is 42.5 Å². The number of alkyl halides is 2. The molecular formula is C34H58F2N6O3S. The molecule has 46 heavy (non-hydrogen) atoms. The van der Waals surface area contributed by atoms with E-state index >= 15 is 0 Å². The van der Waals surface area contributed by atoms with Crippen molar-refractivity contribution < 1.29 is 23.0 Å². The molecule has 3 fully saturated rings. The number of ether oxygens (including phenoxy) is 2. The average Bonchev–Trinajstić information content (AvgIpc) is 3.88. The van der Waals surface area contributed by atoms with Crippen molar-refractivity contribution in [1.82, 2.24) is 26.5 Å². The van der Waals surface area contributed by atoms with E-state index in [4.69, 9.17) is 9.47 Å². The summed E-state index contributed by atoms with van der Waals surface area (Å²) < 4.78 is 38.0. The Morgan fingerprint density at radius 3 is 2.24 bits per heavy atom. The van der Waals surface area contributed by atoms with Gasteiger partial charge in [0.1, 0.15) is 28.5 Å². The predicted molar refractivity (Wildman–Crippen MR) is 189 cm³/mol. The number of carbonyl (C=O) groups is 1. The lowest BCUT2D eigenvalue weighted by Gasteiger charge is -2.29. The summed E-state index contributed by atoms with van der Waals surface area (Å²) in [5.74, 6) is 7.47. The molecule has 4 aliphatic rings. The van der Waals surface area contributed by atoms with Crippen LogP contribution in [0.2, 0.25) is 0 Å². The summed E-state index contributed by atoms with van der Waals surface area (Å²) in [5.41, 5.74) is 6.80. The minimum Gasteiger partial charge on any atom is -0.495 e. The Hall–Kier alpha value is -2.85. The number of nitrogens with one attached hydrogen (secondary N) is 4. The SMILES string of the molecule is CC.CC.CC.CC.CC.COC1=CNC(C(F)F)C=C1c1cc(N2CCOCC2)ncc1C(=O)NC1NNC(C#CC2CC2)S1. The summed E-state index contributed by atoms with van der Waals surface area (Å²) in [5, 5.41) is 5.43. The molecule has 3 aliphatic heterocycles. The van der Waals surface area contributed by atoms with Gasteiger partial charge in [-0.15, -0.1) is 0 Å². The minimum absolute atomic E-state index is 0.140. The molecule has 9 nitrogen and oxygen atoms in total. The van der Waals surface area contributed by atoms with Gasteiger partial charge in [0.05, 0.1) is 25.9 Å². The smallest absolute Gasteiger partial charge is 0.261 e. The van der Waals surface area contributed by atoms with Crippen LogP contribution in [0.5, 0.6) is 0 Å². The summed E-state index contributed by atoms with van der Waals surface area (Å²) in [7, 11) is 1.46. The van der Waals surface area contributed by atoms with Crippen LogP contribution in [0.25, 0.3) is 5.57 Å². The van der Waals surface area contributed by atoms with Gasteiger partial charge in [-0.2, -0.15) is 0 Å². The van der Waals surface area contributed by atoms with Crippen LogP contribution in [0.15, 0.2) is 30.3 Å². The molecule has 2 saturated heterocycles. The van der Waals surface area contributed by atoms with Gasteiger partial charge in [0.15, 0.2) is 0 Å². The number of allylic oxidation sites excluding steroid dienone is 1. The van der Waals surface area contributed by atoms with Gasteiger partial charge in [0.2, 0.25) is 0 Å². The maximum Gasteiger partial charge on any atom is 0.261 e. The van der Waals surface area contributed by atoms with Gasteiger partial charge < -0.3 is 25.0 Å². The number of morpholine rings is 1. The number of hydrogen-bond donors (Lipinski definition) is 4. The molecule has 1 aromatic heterocycles. The fraction of sp³-hybridized carbons (Fsp3) is 0.647. The first-order valence-electron chi connectivity index (χ1n) is 16.8. The van der Waals surface area contributed by atoms with Crippen LogP contribution in [-0.2, 0) is 9.47 Å². The van der Waals surface area contributed by atoms with Crippen molar-refractivity contribution in [3.63, 3.8) is 0 Å². The summed E-state index contributed by atoms with van der Waals surface area (Å²) in [6.07, 6.45) is 3.94. The fourth-order valence-electron chi connectivity index (χ4n) is 4.02. The number of aromatic nitrogens is 1. The molecule has 1 aromatic rings. The standard InChI is InChI=1S/C24H28F2N6O3S.5C2H6/c1-34-19-13-27-18(22(25)26)10-16(19)15-11-20(32-6-8-35-9-7-32)28-12-17(15)23(33)29-24-31-30-21(36-24)5-4-14-2-3-14;5*1-2/h10-14,18,21-22,24,27,30-31H,2-3,6-9H2,1H3,(H,29,33);5*1-2H3. The maximum atomic E-state index is 13.6. The quantitative estimate of drug-likeness (QED) is 0.245. The zero-order valence-corrected chi connectivity index (χ0v) is 30.5. The number of methoxy groups -OCH3 is 1. The van der Waals surface area contributed by atoms with Gasteiger partial charge in [-0.1, -0.05) is 92.8 Å². The van der Waals surface area contributed by atoms with E-state index in [0.29, 0.717) is 54.9 Å². The number of anilines is 1. The second-order valence-electron chi connectivity index (χ2n) is 8.73. The second kappa shape index (κ2) is 25.3. The molecule has 0 aromatic carbocycles. The number of hydrogen-bond acceptors (Lipinski definition) is 9. The van der Waals surface area contributed by atoms with Gasteiger partial charge in [-0.25, -0.2) is 24.6 Å². The van der Waals surface area contributed by atoms with Crippen molar-refractivity contribution in [3.05, 3.63) is 41.4 Å². The van der Waals surface area contributed by atoms with E-state index < -0.39 is 23.9 Å². The molecule has 1 amide bonds. The van der Waals surface area contributed by atoms with Crippen LogP contribution in [0, 0.1) is 17.8 Å². The first-order valence-corrected chi connectivity index (χ1v) is 17.8. The molecule has 4 heterocycles. The van der Waals surface area contributed by atoms with Crippen molar-refractivity contribution in [3.8, 4) is 11.8 Å². The van der Waals surface area contributed by atoms with E-state index in [9.17, 15) is 13.6 Å². The lowest BCUT2D eigenvalue weighted by Crippen LogP contribution is -2.44. The first-order chi connectivity index (χ1) is 22.5. The van der Waals surface area contributed by atoms with Gasteiger partial charge in [0.25, 0.3) is 12.3 Å². The van der Waals surface area contributed by atoms with Crippen molar-refractivity contribution in [2.45, 2.75) is 105 Å². The monoisotopic (exact) mass is 668 g/mol. The lowest BCUT2D eigenvalue weighted by molar-refractivity contribution is 0.0944. The van der Waals surface area contributed by atoms with E-state index in [2.05, 4.69) is 38.3 Å². The van der Waals surface area contributed by atoms with Crippen LogP contribution in [0.3, 0.4) is 0 Å². The molecule has 12 heteroatoms. The Morgan fingerprint density at radius 2 is 1.67 bits per heavy atom. The first kappa shape index (κ1) is 43.1. The number of rotatable bonds is 6. The highest BCUT2D eigenvalue weighted by Gasteiger charge is 2.30. The zero-order chi connectivity index (χ0) is 35.1. The summed E-state index contributed by atoms with van der Waals surface area (Å²) in [4.78, 5) is 20.0. The van der Waals surface area contributed by atoms with Crippen LogP contribution >= 0.6 is 11.8 Å². The van der Waals surface area contributed by atoms with Crippen LogP contribution in [0.4, 0.5) is 14.6 Å². The third kappa shape index (κ3) is 13.5. The predicted octanol–water partition coefficient (Wildman–Crippen LogP) is 6.75. The number of hydrazine groups is 1. The summed E-state index contributed by atoms with van der Waals surface area (Å²) >= 11 is 1.45. The van der Waals surface area contributed by atoms with Crippen LogP contribution in [-0.4, -0.2) is 67.6 Å². The van der Waals surface area contributed by atoms with Crippen molar-refractivity contribution >= 4 is 29.1 Å². The molecule has 5 rings (SSSR count). The van der Waals surface area contributed by atoms with E-state index in [1.807, 2.05) is 74.1 Å². The third-order valence-corrected chi connectivity index (χ3v) is 7.16. The number of thioether (sulfide) groups is 1. The van der Waals surface area contributed by atoms with Crippen molar-refractivity contribution in [2.24, 2.45) is 5.92 Å². The summed E-state index contributed by atoms with van der Waals surface area (Å²) in [6.45, 7) is 22.4. The highest BCUT2D eigenvalue weighted by molar-refractivity contribution is 8.00. The molecular weight excluding hydrogens is 610 g/mol. The molecule has 1 aliphatic carbocycles. The lowest BCUT2D eigenvalue weighted by atomic mass is 9.95. The minimum atomic E-state index is -2.63. The molecule has 0 bridgehead atoms. The Morgan fingerprint density at radius 1 is 1.04 bits per heavy atom. The third-order valence-electron chi connectivity index (χ3n) is 6.15. The van der Waals surface area contributed by atoms with Gasteiger partial charge >= 0.3 is 0 Å². The average molecular weight is 669 g/mol.